The smallest absolute Gasteiger partial charge is 0.179 e. The van der Waals surface area contributed by atoms with Gasteiger partial charge in [-0.25, -0.2) is 0 Å². The average Bonchev–Trinajstić information content (AvgIpc) is 2.84. The summed E-state index contributed by atoms with van der Waals surface area (Å²) in [6, 6.07) is 5.44. The van der Waals surface area contributed by atoms with E-state index < -0.39 is 6.10 Å². The molecule has 1 unspecified atom stereocenters. The molecule has 5 heteroatoms. The van der Waals surface area contributed by atoms with Crippen LogP contribution >= 0.6 is 22.9 Å². The number of halogens is 1. The molecule has 0 fully saturated rings. The van der Waals surface area contributed by atoms with Gasteiger partial charge < -0.3 is 14.6 Å². The topological polar surface area (TPSA) is 38.7 Å². The van der Waals surface area contributed by atoms with Gasteiger partial charge in [-0.05, 0) is 30.0 Å². The molecule has 0 aliphatic heterocycles. The minimum absolute atomic E-state index is 0.373. The lowest BCUT2D eigenvalue weighted by Gasteiger charge is -2.16. The van der Waals surface area contributed by atoms with Crippen molar-refractivity contribution in [1.82, 2.24) is 0 Å². The number of aliphatic hydroxyl groups excluding tert-OH is 1. The van der Waals surface area contributed by atoms with Crippen LogP contribution in [0.2, 0.25) is 5.02 Å². The third kappa shape index (κ3) is 2.71. The third-order valence-electron chi connectivity index (χ3n) is 2.88. The van der Waals surface area contributed by atoms with Crippen molar-refractivity contribution in [3.8, 4) is 11.5 Å². The van der Waals surface area contributed by atoms with Gasteiger partial charge in [0.2, 0.25) is 0 Å². The van der Waals surface area contributed by atoms with Gasteiger partial charge in [0, 0.05) is 10.4 Å². The molecule has 0 spiro atoms. The fourth-order valence-corrected chi connectivity index (χ4v) is 2.96. The quantitative estimate of drug-likeness (QED) is 0.933. The van der Waals surface area contributed by atoms with Crippen LogP contribution in [0, 0.1) is 6.92 Å². The first kappa shape index (κ1) is 14.2. The summed E-state index contributed by atoms with van der Waals surface area (Å²) in [6.07, 6.45) is -0.766. The van der Waals surface area contributed by atoms with Gasteiger partial charge >= 0.3 is 0 Å². The fourth-order valence-electron chi connectivity index (χ4n) is 1.90. The van der Waals surface area contributed by atoms with E-state index in [4.69, 9.17) is 21.1 Å². The van der Waals surface area contributed by atoms with E-state index in [9.17, 15) is 5.11 Å². The zero-order valence-corrected chi connectivity index (χ0v) is 12.5. The molecular formula is C14H15ClO3S. The lowest BCUT2D eigenvalue weighted by Crippen LogP contribution is -2.01. The summed E-state index contributed by atoms with van der Waals surface area (Å²) in [6.45, 7) is 2.00. The molecule has 2 rings (SSSR count). The number of hydrogen-bond acceptors (Lipinski definition) is 4. The third-order valence-corrected chi connectivity index (χ3v) is 4.15. The Hall–Kier alpha value is -1.23. The highest BCUT2D eigenvalue weighted by Gasteiger charge is 2.20. The SMILES string of the molecule is COc1ccc(C(O)c2csc(C)c2)c(Cl)c1OC. The van der Waals surface area contributed by atoms with Crippen LogP contribution in [0.4, 0.5) is 0 Å². The largest absolute Gasteiger partial charge is 0.493 e. The van der Waals surface area contributed by atoms with E-state index in [0.717, 1.165) is 10.4 Å². The van der Waals surface area contributed by atoms with E-state index >= 15 is 0 Å². The highest BCUT2D eigenvalue weighted by molar-refractivity contribution is 7.10. The molecule has 0 aliphatic carbocycles. The Balaban J connectivity index is 2.45. The summed E-state index contributed by atoms with van der Waals surface area (Å²) in [5, 5.41) is 12.7. The summed E-state index contributed by atoms with van der Waals surface area (Å²) in [5.41, 5.74) is 1.44. The minimum Gasteiger partial charge on any atom is -0.493 e. The maximum absolute atomic E-state index is 10.4. The number of methoxy groups -OCH3 is 2. The number of hydrogen-bond donors (Lipinski definition) is 1. The van der Waals surface area contributed by atoms with Crippen LogP contribution in [-0.2, 0) is 0 Å². The predicted octanol–water partition coefficient (Wildman–Crippen LogP) is 3.81. The van der Waals surface area contributed by atoms with Gasteiger partial charge in [-0.15, -0.1) is 11.3 Å². The molecule has 1 heterocycles. The fraction of sp³-hybridized carbons (Fsp3) is 0.286. The number of rotatable bonds is 4. The molecule has 0 amide bonds. The molecule has 2 aromatic rings. The van der Waals surface area contributed by atoms with Gasteiger partial charge in [-0.1, -0.05) is 17.7 Å². The summed E-state index contributed by atoms with van der Waals surface area (Å²) in [4.78, 5) is 1.14. The Bertz CT molecular complexity index is 580. The van der Waals surface area contributed by atoms with E-state index in [1.54, 1.807) is 30.6 Å². The number of aliphatic hydroxyl groups is 1. The number of benzene rings is 1. The summed E-state index contributed by atoms with van der Waals surface area (Å²) in [7, 11) is 3.07. The second kappa shape index (κ2) is 5.82. The van der Waals surface area contributed by atoms with E-state index in [0.29, 0.717) is 22.1 Å². The zero-order valence-electron chi connectivity index (χ0n) is 10.9. The minimum atomic E-state index is -0.766. The molecule has 1 aromatic carbocycles. The normalized spacial score (nSPS) is 12.3. The molecule has 1 atom stereocenters. The number of ether oxygens (including phenoxy) is 2. The molecule has 0 saturated heterocycles. The average molecular weight is 299 g/mol. The van der Waals surface area contributed by atoms with Gasteiger partial charge in [0.05, 0.1) is 19.2 Å². The molecule has 0 aliphatic rings. The van der Waals surface area contributed by atoms with Crippen LogP contribution in [0.3, 0.4) is 0 Å². The highest BCUT2D eigenvalue weighted by Crippen LogP contribution is 2.41. The molecule has 0 bridgehead atoms. The zero-order chi connectivity index (χ0) is 14.0. The van der Waals surface area contributed by atoms with Gasteiger partial charge in [-0.3, -0.25) is 0 Å². The van der Waals surface area contributed by atoms with Gasteiger partial charge in [0.25, 0.3) is 0 Å². The number of thiophene rings is 1. The van der Waals surface area contributed by atoms with E-state index in [1.807, 2.05) is 18.4 Å². The highest BCUT2D eigenvalue weighted by atomic mass is 35.5. The van der Waals surface area contributed by atoms with Crippen molar-refractivity contribution in [3.63, 3.8) is 0 Å². The van der Waals surface area contributed by atoms with Crippen LogP contribution in [0.25, 0.3) is 0 Å². The molecule has 1 N–H and O–H groups in total. The maximum atomic E-state index is 10.4. The first-order valence-electron chi connectivity index (χ1n) is 5.72. The van der Waals surface area contributed by atoms with Crippen molar-refractivity contribution in [2.24, 2.45) is 0 Å². The summed E-state index contributed by atoms with van der Waals surface area (Å²) < 4.78 is 10.4. The lowest BCUT2D eigenvalue weighted by molar-refractivity contribution is 0.220. The van der Waals surface area contributed by atoms with Crippen molar-refractivity contribution < 1.29 is 14.6 Å². The Morgan fingerprint density at radius 3 is 2.53 bits per heavy atom. The van der Waals surface area contributed by atoms with Crippen molar-refractivity contribution in [2.45, 2.75) is 13.0 Å². The van der Waals surface area contributed by atoms with E-state index in [-0.39, 0.29) is 0 Å². The standard InChI is InChI=1S/C14H15ClO3S/c1-8-6-9(7-19-8)13(16)10-4-5-11(17-2)14(18-3)12(10)15/h4-7,13,16H,1-3H3. The molecule has 102 valence electrons. The van der Waals surface area contributed by atoms with Crippen LogP contribution < -0.4 is 9.47 Å². The molecule has 0 radical (unpaired) electrons. The van der Waals surface area contributed by atoms with Crippen molar-refractivity contribution in [3.05, 3.63) is 44.6 Å². The van der Waals surface area contributed by atoms with Crippen LogP contribution in [0.1, 0.15) is 22.1 Å². The Kier molecular flexibility index (Phi) is 4.34. The van der Waals surface area contributed by atoms with Crippen molar-refractivity contribution in [2.75, 3.05) is 14.2 Å². The van der Waals surface area contributed by atoms with E-state index in [2.05, 4.69) is 0 Å². The Labute approximate surface area is 121 Å². The second-order valence-electron chi connectivity index (χ2n) is 4.10. The van der Waals surface area contributed by atoms with Crippen LogP contribution in [0.15, 0.2) is 23.6 Å². The Morgan fingerprint density at radius 2 is 2.00 bits per heavy atom. The van der Waals surface area contributed by atoms with Gasteiger partial charge in [0.1, 0.15) is 6.10 Å². The monoisotopic (exact) mass is 298 g/mol. The van der Waals surface area contributed by atoms with Crippen LogP contribution in [0.5, 0.6) is 11.5 Å². The predicted molar refractivity (Wildman–Crippen MR) is 77.7 cm³/mol. The second-order valence-corrected chi connectivity index (χ2v) is 5.59. The molecule has 19 heavy (non-hydrogen) atoms. The van der Waals surface area contributed by atoms with Crippen LogP contribution in [-0.4, -0.2) is 19.3 Å². The molecule has 3 nitrogen and oxygen atoms in total. The maximum Gasteiger partial charge on any atom is 0.179 e. The van der Waals surface area contributed by atoms with E-state index in [1.165, 1.54) is 7.11 Å². The van der Waals surface area contributed by atoms with Crippen molar-refractivity contribution >= 4 is 22.9 Å². The first-order chi connectivity index (χ1) is 9.08. The summed E-state index contributed by atoms with van der Waals surface area (Å²) >= 11 is 7.87. The number of aryl methyl sites for hydroxylation is 1. The summed E-state index contributed by atoms with van der Waals surface area (Å²) in [5.74, 6) is 0.984. The van der Waals surface area contributed by atoms with Gasteiger partial charge in [-0.2, -0.15) is 0 Å². The lowest BCUT2D eigenvalue weighted by atomic mass is 10.0. The molecule has 0 saturated carbocycles. The van der Waals surface area contributed by atoms with Crippen molar-refractivity contribution in [1.29, 1.82) is 0 Å². The molecular weight excluding hydrogens is 284 g/mol. The van der Waals surface area contributed by atoms with Gasteiger partial charge in [0.15, 0.2) is 11.5 Å². The first-order valence-corrected chi connectivity index (χ1v) is 6.97. The molecule has 1 aromatic heterocycles. The Morgan fingerprint density at radius 1 is 1.26 bits per heavy atom.